The number of aryl methyl sites for hydroxylation is 1. The highest BCUT2D eigenvalue weighted by molar-refractivity contribution is 6.30. The van der Waals surface area contributed by atoms with Crippen LogP contribution >= 0.6 is 11.6 Å². The molecule has 2 nitrogen and oxygen atoms in total. The second-order valence-electron chi connectivity index (χ2n) is 9.33. The maximum Gasteiger partial charge on any atom is 0.396 e. The number of anilines is 1. The molecular weight excluding hydrogens is 452 g/mol. The predicted octanol–water partition coefficient (Wildman–Crippen LogP) is 8.80. The van der Waals surface area contributed by atoms with Gasteiger partial charge in [-0.1, -0.05) is 44.0 Å². The molecule has 0 amide bonds. The average molecular weight is 481 g/mol. The fourth-order valence-corrected chi connectivity index (χ4v) is 4.34. The molecule has 7 heteroatoms. The summed E-state index contributed by atoms with van der Waals surface area (Å²) >= 11 is 5.92. The summed E-state index contributed by atoms with van der Waals surface area (Å²) in [7, 11) is 0. The second-order valence-corrected chi connectivity index (χ2v) is 9.73. The van der Waals surface area contributed by atoms with Crippen molar-refractivity contribution in [2.45, 2.75) is 59.7 Å². The summed E-state index contributed by atoms with van der Waals surface area (Å²) in [6, 6.07) is 10.5. The zero-order valence-electron chi connectivity index (χ0n) is 19.4. The Kier molecular flexibility index (Phi) is 7.27. The first-order valence-corrected chi connectivity index (χ1v) is 11.4. The van der Waals surface area contributed by atoms with Gasteiger partial charge in [-0.25, -0.2) is 4.39 Å². The van der Waals surface area contributed by atoms with E-state index < -0.39 is 23.5 Å². The van der Waals surface area contributed by atoms with E-state index in [4.69, 9.17) is 11.6 Å². The van der Waals surface area contributed by atoms with Crippen LogP contribution in [0.2, 0.25) is 5.02 Å². The quantitative estimate of drug-likeness (QED) is 0.342. The summed E-state index contributed by atoms with van der Waals surface area (Å²) in [6.45, 7) is 8.33. The normalized spacial score (nSPS) is 15.0. The van der Waals surface area contributed by atoms with Gasteiger partial charge < -0.3 is 5.32 Å². The Labute approximate surface area is 197 Å². The molecule has 0 fully saturated rings. The number of alkyl halides is 3. The summed E-state index contributed by atoms with van der Waals surface area (Å²) in [5.41, 5.74) is 0.173. The lowest BCUT2D eigenvalue weighted by atomic mass is 9.72. The molecule has 2 atom stereocenters. The number of fused-ring (bicyclic) bond motifs is 1. The molecule has 1 N–H and O–H groups in total. The number of rotatable bonds is 7. The van der Waals surface area contributed by atoms with Crippen molar-refractivity contribution in [1.29, 1.82) is 0 Å². The summed E-state index contributed by atoms with van der Waals surface area (Å²) in [6.07, 6.45) is -4.28. The van der Waals surface area contributed by atoms with Gasteiger partial charge in [-0.2, -0.15) is 13.2 Å². The van der Waals surface area contributed by atoms with Crippen LogP contribution in [0.4, 0.5) is 23.2 Å². The lowest BCUT2D eigenvalue weighted by molar-refractivity contribution is -0.227. The number of benzene rings is 2. The fraction of sp³-hybridized carbons (Fsp3) is 0.423. The van der Waals surface area contributed by atoms with Crippen molar-refractivity contribution in [3.8, 4) is 0 Å². The van der Waals surface area contributed by atoms with E-state index in [1.165, 1.54) is 26.0 Å². The van der Waals surface area contributed by atoms with Crippen molar-refractivity contribution in [2.75, 3.05) is 5.32 Å². The molecule has 0 spiro atoms. The molecule has 0 saturated heterocycles. The Balaban J connectivity index is 2.23. The zero-order valence-corrected chi connectivity index (χ0v) is 20.2. The van der Waals surface area contributed by atoms with Gasteiger partial charge in [0.2, 0.25) is 0 Å². The van der Waals surface area contributed by atoms with Crippen molar-refractivity contribution in [3.63, 3.8) is 0 Å². The Morgan fingerprint density at radius 2 is 1.73 bits per heavy atom. The number of hydrogen-bond donors (Lipinski definition) is 1. The maximum atomic E-state index is 14.7. The third kappa shape index (κ3) is 5.11. The first-order valence-electron chi connectivity index (χ1n) is 11.0. The van der Waals surface area contributed by atoms with Crippen molar-refractivity contribution in [1.82, 2.24) is 4.98 Å². The summed E-state index contributed by atoms with van der Waals surface area (Å²) in [5, 5.41) is 3.73. The first kappa shape index (κ1) is 25.3. The van der Waals surface area contributed by atoms with E-state index >= 15 is 0 Å². The number of nitrogens with one attached hydrogen (secondary N) is 1. The summed E-state index contributed by atoms with van der Waals surface area (Å²) in [5.74, 6) is -0.621. The van der Waals surface area contributed by atoms with Crippen LogP contribution in [-0.2, 0) is 0 Å². The van der Waals surface area contributed by atoms with Gasteiger partial charge in [-0.05, 0) is 74.6 Å². The average Bonchev–Trinajstić information content (AvgIpc) is 2.73. The van der Waals surface area contributed by atoms with Gasteiger partial charge in [0.1, 0.15) is 5.82 Å². The molecule has 0 radical (unpaired) electrons. The van der Waals surface area contributed by atoms with Crippen molar-refractivity contribution >= 4 is 28.2 Å². The molecule has 3 aromatic rings. The second kappa shape index (κ2) is 9.49. The Bertz CT molecular complexity index is 1140. The van der Waals surface area contributed by atoms with Crippen LogP contribution in [0, 0.1) is 31.0 Å². The lowest BCUT2D eigenvalue weighted by Gasteiger charge is -2.41. The van der Waals surface area contributed by atoms with Crippen molar-refractivity contribution in [3.05, 3.63) is 70.1 Å². The van der Waals surface area contributed by atoms with Crippen molar-refractivity contribution < 1.29 is 17.6 Å². The van der Waals surface area contributed by atoms with Crippen LogP contribution in [0.15, 0.2) is 42.5 Å². The maximum absolute atomic E-state index is 14.7. The van der Waals surface area contributed by atoms with E-state index in [1.54, 1.807) is 12.1 Å². The SMILES string of the molecule is Cc1ccc2c(NC(c3ccc(Cl)c(F)c3C)C(C)(CCC(C)C)C(F)(F)F)cccc2n1. The molecule has 178 valence electrons. The molecule has 1 heterocycles. The van der Waals surface area contributed by atoms with Crippen molar-refractivity contribution in [2.24, 2.45) is 11.3 Å². The van der Waals surface area contributed by atoms with Crippen LogP contribution in [0.1, 0.15) is 56.5 Å². The smallest absolute Gasteiger partial charge is 0.377 e. The zero-order chi connectivity index (χ0) is 24.6. The Morgan fingerprint density at radius 1 is 1.03 bits per heavy atom. The standard InChI is InChI=1S/C26H29ClF4N2/c1-15(2)13-14-25(5,26(29,30)31)24(18-11-12-20(27)23(28)17(18)4)33-22-8-6-7-21-19(22)10-9-16(3)32-21/h6-12,15,24,33H,13-14H2,1-5H3. The Hall–Kier alpha value is -2.34. The van der Waals surface area contributed by atoms with Crippen LogP contribution in [-0.4, -0.2) is 11.2 Å². The fourth-order valence-electron chi connectivity index (χ4n) is 4.14. The minimum Gasteiger partial charge on any atom is -0.377 e. The van der Waals surface area contributed by atoms with Crippen LogP contribution in [0.5, 0.6) is 0 Å². The monoisotopic (exact) mass is 480 g/mol. The minimum atomic E-state index is -4.54. The highest BCUT2D eigenvalue weighted by Crippen LogP contribution is 2.53. The molecule has 0 saturated carbocycles. The number of halogens is 5. The molecule has 0 aliphatic carbocycles. The van der Waals surface area contributed by atoms with Crippen LogP contribution < -0.4 is 5.32 Å². The van der Waals surface area contributed by atoms with E-state index in [0.29, 0.717) is 23.0 Å². The van der Waals surface area contributed by atoms with Gasteiger partial charge in [0.25, 0.3) is 0 Å². The highest BCUT2D eigenvalue weighted by Gasteiger charge is 2.56. The Morgan fingerprint density at radius 3 is 2.36 bits per heavy atom. The lowest BCUT2D eigenvalue weighted by Crippen LogP contribution is -2.44. The van der Waals surface area contributed by atoms with E-state index in [-0.39, 0.29) is 28.5 Å². The topological polar surface area (TPSA) is 24.9 Å². The van der Waals surface area contributed by atoms with E-state index in [9.17, 15) is 17.6 Å². The van der Waals surface area contributed by atoms with E-state index in [1.807, 2.05) is 39.0 Å². The summed E-state index contributed by atoms with van der Waals surface area (Å²) < 4.78 is 58.8. The largest absolute Gasteiger partial charge is 0.396 e. The van der Waals surface area contributed by atoms with Gasteiger partial charge >= 0.3 is 6.18 Å². The van der Waals surface area contributed by atoms with E-state index in [2.05, 4.69) is 10.3 Å². The molecule has 3 rings (SSSR count). The number of nitrogens with zero attached hydrogens (tertiary/aromatic N) is 1. The molecule has 2 unspecified atom stereocenters. The van der Waals surface area contributed by atoms with Gasteiger partial charge in [0.05, 0.1) is 22.0 Å². The van der Waals surface area contributed by atoms with Crippen LogP contribution in [0.3, 0.4) is 0 Å². The van der Waals surface area contributed by atoms with Gasteiger partial charge in [0, 0.05) is 16.8 Å². The van der Waals surface area contributed by atoms with Gasteiger partial charge in [-0.15, -0.1) is 0 Å². The third-order valence-electron chi connectivity index (χ3n) is 6.39. The molecule has 0 aliphatic heterocycles. The minimum absolute atomic E-state index is 0.0834. The highest BCUT2D eigenvalue weighted by atomic mass is 35.5. The number of hydrogen-bond acceptors (Lipinski definition) is 2. The number of aromatic nitrogens is 1. The van der Waals surface area contributed by atoms with Crippen LogP contribution in [0.25, 0.3) is 10.9 Å². The number of pyridine rings is 1. The van der Waals surface area contributed by atoms with Gasteiger partial charge in [0.15, 0.2) is 0 Å². The molecule has 33 heavy (non-hydrogen) atoms. The van der Waals surface area contributed by atoms with Gasteiger partial charge in [-0.3, -0.25) is 4.98 Å². The molecule has 2 aromatic carbocycles. The molecule has 1 aromatic heterocycles. The molecule has 0 bridgehead atoms. The molecular formula is C26H29ClF4N2. The van der Waals surface area contributed by atoms with E-state index in [0.717, 1.165) is 5.69 Å². The third-order valence-corrected chi connectivity index (χ3v) is 6.68. The predicted molar refractivity (Wildman–Crippen MR) is 127 cm³/mol. The molecule has 0 aliphatic rings. The summed E-state index contributed by atoms with van der Waals surface area (Å²) in [4.78, 5) is 4.49. The first-order chi connectivity index (χ1) is 15.3.